The van der Waals surface area contributed by atoms with Gasteiger partial charge in [-0.1, -0.05) is 39.0 Å². The fourth-order valence-electron chi connectivity index (χ4n) is 2.72. The fraction of sp³-hybridized carbons (Fsp3) is 0.938. The number of nitrogens with one attached hydrogen (secondary N) is 1. The predicted octanol–water partition coefficient (Wildman–Crippen LogP) is 2.66. The van der Waals surface area contributed by atoms with Crippen molar-refractivity contribution in [3.8, 4) is 0 Å². The van der Waals surface area contributed by atoms with E-state index in [9.17, 15) is 0 Å². The van der Waals surface area contributed by atoms with Crippen LogP contribution in [0.2, 0.25) is 0 Å². The van der Waals surface area contributed by atoms with Crippen molar-refractivity contribution in [3.63, 3.8) is 0 Å². The number of hydrogen-bond donors (Lipinski definition) is 3. The Balaban J connectivity index is 0.00000441. The van der Waals surface area contributed by atoms with Gasteiger partial charge in [0.25, 0.3) is 0 Å². The zero-order valence-corrected chi connectivity index (χ0v) is 16.3. The van der Waals surface area contributed by atoms with Gasteiger partial charge < -0.3 is 20.9 Å². The van der Waals surface area contributed by atoms with Gasteiger partial charge in [0.2, 0.25) is 0 Å². The number of aliphatic hydroxyl groups excluding tert-OH is 1. The van der Waals surface area contributed by atoms with Gasteiger partial charge in [-0.05, 0) is 19.3 Å². The maximum absolute atomic E-state index is 9.17. The van der Waals surface area contributed by atoms with E-state index in [1.54, 1.807) is 0 Å². The summed E-state index contributed by atoms with van der Waals surface area (Å²) in [5.41, 5.74) is 5.89. The summed E-state index contributed by atoms with van der Waals surface area (Å²) < 4.78 is 5.45. The molecule has 0 spiro atoms. The number of hydrogen-bond acceptors (Lipinski definition) is 3. The van der Waals surface area contributed by atoms with Crippen molar-refractivity contribution in [3.05, 3.63) is 0 Å². The summed E-state index contributed by atoms with van der Waals surface area (Å²) in [6, 6.07) is 0. The van der Waals surface area contributed by atoms with Crippen LogP contribution in [0.1, 0.15) is 58.3 Å². The topological polar surface area (TPSA) is 79.9 Å². The molecule has 4 N–H and O–H groups in total. The third-order valence-electron chi connectivity index (χ3n) is 4.25. The zero-order chi connectivity index (χ0) is 15.4. The van der Waals surface area contributed by atoms with E-state index in [0.29, 0.717) is 19.1 Å². The van der Waals surface area contributed by atoms with Crippen LogP contribution in [-0.2, 0) is 4.74 Å². The van der Waals surface area contributed by atoms with Gasteiger partial charge >= 0.3 is 0 Å². The first-order valence-electron chi connectivity index (χ1n) is 8.45. The smallest absolute Gasteiger partial charge is 0.188 e. The van der Waals surface area contributed by atoms with Gasteiger partial charge in [0, 0.05) is 25.2 Å². The van der Waals surface area contributed by atoms with E-state index in [1.807, 2.05) is 0 Å². The molecule has 1 unspecified atom stereocenters. The van der Waals surface area contributed by atoms with Crippen LogP contribution in [0.3, 0.4) is 0 Å². The molecule has 0 aromatic carbocycles. The van der Waals surface area contributed by atoms with Crippen LogP contribution in [0.5, 0.6) is 0 Å². The second kappa shape index (κ2) is 13.4. The Kier molecular flexibility index (Phi) is 13.3. The van der Waals surface area contributed by atoms with Crippen LogP contribution >= 0.6 is 24.0 Å². The molecular weight excluding hydrogens is 393 g/mol. The molecule has 1 rings (SSSR count). The number of guanidine groups is 1. The van der Waals surface area contributed by atoms with E-state index in [4.69, 9.17) is 15.6 Å². The van der Waals surface area contributed by atoms with E-state index in [1.165, 1.54) is 32.1 Å². The van der Waals surface area contributed by atoms with E-state index in [2.05, 4.69) is 17.2 Å². The Morgan fingerprint density at radius 2 is 2.00 bits per heavy atom. The highest BCUT2D eigenvalue weighted by Gasteiger charge is 2.34. The Hall–Kier alpha value is -0.0800. The first-order valence-corrected chi connectivity index (χ1v) is 8.45. The minimum atomic E-state index is -0.0127. The number of halogens is 1. The molecule has 0 aromatic heterocycles. The summed E-state index contributed by atoms with van der Waals surface area (Å²) >= 11 is 0. The van der Waals surface area contributed by atoms with Crippen molar-refractivity contribution in [2.45, 2.75) is 58.3 Å². The van der Waals surface area contributed by atoms with Gasteiger partial charge in [-0.25, -0.2) is 0 Å². The van der Waals surface area contributed by atoms with Crippen LogP contribution < -0.4 is 11.1 Å². The number of aliphatic imine (C=N–C) groups is 1. The minimum absolute atomic E-state index is 0. The van der Waals surface area contributed by atoms with Crippen LogP contribution in [0.25, 0.3) is 0 Å². The highest BCUT2D eigenvalue weighted by atomic mass is 127. The Morgan fingerprint density at radius 3 is 2.64 bits per heavy atom. The van der Waals surface area contributed by atoms with Gasteiger partial charge in [0.1, 0.15) is 0 Å². The van der Waals surface area contributed by atoms with Gasteiger partial charge in [0.15, 0.2) is 5.96 Å². The first-order chi connectivity index (χ1) is 10.2. The number of nitrogens with zero attached hydrogens (tertiary/aromatic N) is 1. The van der Waals surface area contributed by atoms with E-state index < -0.39 is 0 Å². The van der Waals surface area contributed by atoms with E-state index in [-0.39, 0.29) is 36.0 Å². The van der Waals surface area contributed by atoms with Crippen molar-refractivity contribution >= 4 is 29.9 Å². The highest BCUT2D eigenvalue weighted by molar-refractivity contribution is 14.0. The minimum Gasteiger partial charge on any atom is -0.396 e. The summed E-state index contributed by atoms with van der Waals surface area (Å²) in [6.45, 7) is 5.40. The summed E-state index contributed by atoms with van der Waals surface area (Å²) in [5.74, 6) is 0.521. The van der Waals surface area contributed by atoms with Crippen molar-refractivity contribution < 1.29 is 9.84 Å². The number of ether oxygens (including phenoxy) is 1. The summed E-state index contributed by atoms with van der Waals surface area (Å²) in [6.07, 6.45) is 9.37. The molecule has 1 saturated heterocycles. The zero-order valence-electron chi connectivity index (χ0n) is 14.0. The van der Waals surface area contributed by atoms with Crippen LogP contribution in [0, 0.1) is 5.41 Å². The van der Waals surface area contributed by atoms with Gasteiger partial charge in [-0.3, -0.25) is 4.99 Å². The maximum atomic E-state index is 9.17. The molecule has 0 aliphatic carbocycles. The average molecular weight is 427 g/mol. The molecular formula is C16H34IN3O2. The number of unbranched alkanes of at least 4 members (excludes halogenated alkanes) is 5. The van der Waals surface area contributed by atoms with Crippen molar-refractivity contribution in [2.24, 2.45) is 16.1 Å². The molecule has 5 nitrogen and oxygen atoms in total. The standard InChI is InChI=1S/C16H33N3O2.HI/c1-2-3-4-5-6-7-10-18-15(17)19-13-16(8-11-20)9-12-21-14-16;/h20H,2-14H2,1H3,(H3,17,18,19);1H. The Morgan fingerprint density at radius 1 is 1.27 bits per heavy atom. The molecule has 132 valence electrons. The third kappa shape index (κ3) is 9.15. The maximum Gasteiger partial charge on any atom is 0.188 e. The Labute approximate surface area is 152 Å². The molecule has 1 aliphatic heterocycles. The van der Waals surface area contributed by atoms with Crippen molar-refractivity contribution in [2.75, 3.05) is 32.9 Å². The summed E-state index contributed by atoms with van der Waals surface area (Å²) in [7, 11) is 0. The van der Waals surface area contributed by atoms with Crippen molar-refractivity contribution in [1.29, 1.82) is 0 Å². The molecule has 1 atom stereocenters. The fourth-order valence-corrected chi connectivity index (χ4v) is 2.72. The first kappa shape index (κ1) is 21.9. The molecule has 0 aromatic rings. The monoisotopic (exact) mass is 427 g/mol. The molecule has 1 heterocycles. The van der Waals surface area contributed by atoms with Gasteiger partial charge in [-0.2, -0.15) is 0 Å². The molecule has 0 bridgehead atoms. The lowest BCUT2D eigenvalue weighted by molar-refractivity contribution is 0.131. The molecule has 0 amide bonds. The second-order valence-electron chi connectivity index (χ2n) is 6.17. The lowest BCUT2D eigenvalue weighted by Crippen LogP contribution is -2.35. The lowest BCUT2D eigenvalue weighted by atomic mass is 9.84. The SMILES string of the molecule is CCCCCCCCNC(N)=NCC1(CCO)CCOC1.I. The number of aliphatic hydroxyl groups is 1. The normalized spacial score (nSPS) is 21.6. The van der Waals surface area contributed by atoms with Crippen LogP contribution in [-0.4, -0.2) is 44.0 Å². The average Bonchev–Trinajstić information content (AvgIpc) is 2.94. The van der Waals surface area contributed by atoms with Gasteiger partial charge in [-0.15, -0.1) is 24.0 Å². The third-order valence-corrected chi connectivity index (χ3v) is 4.25. The largest absolute Gasteiger partial charge is 0.396 e. The quantitative estimate of drug-likeness (QED) is 0.205. The lowest BCUT2D eigenvalue weighted by Gasteiger charge is -2.24. The molecule has 6 heteroatoms. The van der Waals surface area contributed by atoms with Crippen LogP contribution in [0.4, 0.5) is 0 Å². The summed E-state index contributed by atoms with van der Waals surface area (Å²) in [5, 5.41) is 12.3. The molecule has 0 radical (unpaired) electrons. The summed E-state index contributed by atoms with van der Waals surface area (Å²) in [4.78, 5) is 4.44. The van der Waals surface area contributed by atoms with Gasteiger partial charge in [0.05, 0.1) is 13.2 Å². The molecule has 1 fully saturated rings. The second-order valence-corrected chi connectivity index (χ2v) is 6.17. The van der Waals surface area contributed by atoms with E-state index in [0.717, 1.165) is 32.4 Å². The Bertz CT molecular complexity index is 295. The predicted molar refractivity (Wildman–Crippen MR) is 103 cm³/mol. The van der Waals surface area contributed by atoms with Crippen molar-refractivity contribution in [1.82, 2.24) is 5.32 Å². The van der Waals surface area contributed by atoms with Crippen LogP contribution in [0.15, 0.2) is 4.99 Å². The molecule has 1 aliphatic rings. The van der Waals surface area contributed by atoms with E-state index >= 15 is 0 Å². The highest BCUT2D eigenvalue weighted by Crippen LogP contribution is 2.32. The number of nitrogens with two attached hydrogens (primary N) is 1. The molecule has 22 heavy (non-hydrogen) atoms. The molecule has 0 saturated carbocycles. The number of rotatable bonds is 11.